The molecule has 0 aromatic rings. The van der Waals surface area contributed by atoms with E-state index in [2.05, 4.69) is 23.5 Å². The third-order valence-corrected chi connectivity index (χ3v) is 7.28. The van der Waals surface area contributed by atoms with Gasteiger partial charge >= 0.3 is 0 Å². The molecule has 0 aromatic carbocycles. The standard InChI is InChI=1S/C14H24O4S2/c1-6-19-14(20-7-1,8-12-10-15-2-4-17-12)9-13-11-16-3-5-18-13/h12-13H,1-11H2/t12-,13-/m1/s1. The van der Waals surface area contributed by atoms with Crippen LogP contribution in [-0.4, -0.2) is 67.4 Å². The van der Waals surface area contributed by atoms with Gasteiger partial charge in [-0.25, -0.2) is 0 Å². The highest BCUT2D eigenvalue weighted by Crippen LogP contribution is 2.49. The molecule has 0 amide bonds. The molecule has 3 rings (SSSR count). The Balaban J connectivity index is 1.60. The van der Waals surface area contributed by atoms with Crippen LogP contribution >= 0.6 is 23.5 Å². The van der Waals surface area contributed by atoms with Crippen LogP contribution in [0, 0.1) is 0 Å². The molecule has 3 heterocycles. The van der Waals surface area contributed by atoms with Crippen molar-refractivity contribution in [3.63, 3.8) is 0 Å². The average Bonchev–Trinajstić information content (AvgIpc) is 2.50. The summed E-state index contributed by atoms with van der Waals surface area (Å²) in [6.45, 7) is 4.43. The lowest BCUT2D eigenvalue weighted by molar-refractivity contribution is -0.103. The van der Waals surface area contributed by atoms with Crippen molar-refractivity contribution in [2.45, 2.75) is 35.5 Å². The van der Waals surface area contributed by atoms with Gasteiger partial charge in [-0.2, -0.15) is 0 Å². The van der Waals surface area contributed by atoms with E-state index >= 15 is 0 Å². The van der Waals surface area contributed by atoms with Gasteiger partial charge in [0.2, 0.25) is 0 Å². The molecule has 0 bridgehead atoms. The van der Waals surface area contributed by atoms with Crippen LogP contribution in [-0.2, 0) is 18.9 Å². The zero-order chi connectivity index (χ0) is 13.7. The maximum Gasteiger partial charge on any atom is 0.0831 e. The van der Waals surface area contributed by atoms with Crippen LogP contribution in [0.4, 0.5) is 0 Å². The summed E-state index contributed by atoms with van der Waals surface area (Å²) in [6, 6.07) is 0. The van der Waals surface area contributed by atoms with Crippen LogP contribution in [0.15, 0.2) is 0 Å². The van der Waals surface area contributed by atoms with Gasteiger partial charge in [0.15, 0.2) is 0 Å². The highest BCUT2D eigenvalue weighted by Gasteiger charge is 2.40. The first-order valence-electron chi connectivity index (χ1n) is 7.53. The first-order chi connectivity index (χ1) is 9.86. The van der Waals surface area contributed by atoms with Gasteiger partial charge in [-0.15, -0.1) is 23.5 Å². The number of ether oxygens (including phenoxy) is 4. The van der Waals surface area contributed by atoms with E-state index in [4.69, 9.17) is 18.9 Å². The van der Waals surface area contributed by atoms with E-state index < -0.39 is 0 Å². The Morgan fingerprint density at radius 2 is 1.35 bits per heavy atom. The number of hydrogen-bond donors (Lipinski definition) is 0. The molecule has 0 unspecified atom stereocenters. The van der Waals surface area contributed by atoms with Gasteiger partial charge in [0, 0.05) is 0 Å². The molecule has 0 aromatic heterocycles. The second-order valence-corrected chi connectivity index (χ2v) is 8.72. The van der Waals surface area contributed by atoms with E-state index in [0.717, 1.165) is 52.5 Å². The fourth-order valence-corrected chi connectivity index (χ4v) is 6.49. The SMILES string of the molecule is C1CSC(C[C@@H]2COCCO2)(C[C@@H]2COCCO2)SC1. The van der Waals surface area contributed by atoms with Crippen LogP contribution in [0.3, 0.4) is 0 Å². The van der Waals surface area contributed by atoms with Gasteiger partial charge in [-0.1, -0.05) is 0 Å². The van der Waals surface area contributed by atoms with Gasteiger partial charge in [-0.05, 0) is 30.8 Å². The normalized spacial score (nSPS) is 34.8. The molecule has 3 saturated heterocycles. The summed E-state index contributed by atoms with van der Waals surface area (Å²) in [5, 5.41) is 0. The summed E-state index contributed by atoms with van der Waals surface area (Å²) in [6.07, 6.45) is 3.91. The topological polar surface area (TPSA) is 36.9 Å². The molecule has 3 fully saturated rings. The van der Waals surface area contributed by atoms with Crippen molar-refractivity contribution < 1.29 is 18.9 Å². The molecule has 2 atom stereocenters. The molecule has 3 aliphatic heterocycles. The minimum atomic E-state index is 0.217. The lowest BCUT2D eigenvalue weighted by Gasteiger charge is -2.41. The van der Waals surface area contributed by atoms with Crippen LogP contribution in [0.2, 0.25) is 0 Å². The Bertz CT molecular complexity index is 263. The number of thioether (sulfide) groups is 2. The van der Waals surface area contributed by atoms with Crippen LogP contribution in [0.1, 0.15) is 19.3 Å². The fraction of sp³-hybridized carbons (Fsp3) is 1.00. The van der Waals surface area contributed by atoms with E-state index in [1.54, 1.807) is 0 Å². The lowest BCUT2D eigenvalue weighted by atomic mass is 10.1. The van der Waals surface area contributed by atoms with E-state index in [0.29, 0.717) is 0 Å². The van der Waals surface area contributed by atoms with Crippen molar-refractivity contribution in [2.24, 2.45) is 0 Å². The van der Waals surface area contributed by atoms with Gasteiger partial charge < -0.3 is 18.9 Å². The van der Waals surface area contributed by atoms with E-state index in [1.807, 2.05) is 0 Å². The van der Waals surface area contributed by atoms with Gasteiger partial charge in [-0.3, -0.25) is 0 Å². The molecule has 20 heavy (non-hydrogen) atoms. The highest BCUT2D eigenvalue weighted by atomic mass is 32.2. The zero-order valence-electron chi connectivity index (χ0n) is 11.9. The summed E-state index contributed by atoms with van der Waals surface area (Å²) in [5.74, 6) is 2.49. The Labute approximate surface area is 129 Å². The maximum atomic E-state index is 5.87. The highest BCUT2D eigenvalue weighted by molar-refractivity contribution is 8.18. The second kappa shape index (κ2) is 7.70. The monoisotopic (exact) mass is 320 g/mol. The molecule has 0 spiro atoms. The predicted molar refractivity (Wildman–Crippen MR) is 82.6 cm³/mol. The number of rotatable bonds is 4. The third-order valence-electron chi connectivity index (χ3n) is 3.87. The molecule has 4 nitrogen and oxygen atoms in total. The Morgan fingerprint density at radius 1 is 0.800 bits per heavy atom. The largest absolute Gasteiger partial charge is 0.376 e. The smallest absolute Gasteiger partial charge is 0.0831 e. The Kier molecular flexibility index (Phi) is 5.94. The van der Waals surface area contributed by atoms with Gasteiger partial charge in [0.05, 0.1) is 55.9 Å². The molecular weight excluding hydrogens is 296 g/mol. The second-order valence-electron chi connectivity index (χ2n) is 5.50. The molecule has 3 aliphatic rings. The minimum Gasteiger partial charge on any atom is -0.376 e. The maximum absolute atomic E-state index is 5.87. The Hall–Kier alpha value is 0.540. The van der Waals surface area contributed by atoms with Crippen LogP contribution < -0.4 is 0 Å². The summed E-state index contributed by atoms with van der Waals surface area (Å²) < 4.78 is 23.1. The first-order valence-corrected chi connectivity index (χ1v) is 9.50. The third kappa shape index (κ3) is 4.27. The van der Waals surface area contributed by atoms with E-state index in [1.165, 1.54) is 17.9 Å². The van der Waals surface area contributed by atoms with E-state index in [-0.39, 0.29) is 16.3 Å². The molecule has 0 N–H and O–H groups in total. The number of hydrogen-bond acceptors (Lipinski definition) is 6. The molecule has 0 radical (unpaired) electrons. The van der Waals surface area contributed by atoms with Crippen LogP contribution in [0.5, 0.6) is 0 Å². The average molecular weight is 320 g/mol. The predicted octanol–water partition coefficient (Wildman–Crippen LogP) is 2.16. The van der Waals surface area contributed by atoms with Crippen molar-refractivity contribution in [3.05, 3.63) is 0 Å². The zero-order valence-corrected chi connectivity index (χ0v) is 13.5. The van der Waals surface area contributed by atoms with Gasteiger partial charge in [0.1, 0.15) is 0 Å². The van der Waals surface area contributed by atoms with E-state index in [9.17, 15) is 0 Å². The van der Waals surface area contributed by atoms with Crippen molar-refractivity contribution in [3.8, 4) is 0 Å². The molecular formula is C14H24O4S2. The molecule has 116 valence electrons. The van der Waals surface area contributed by atoms with Gasteiger partial charge in [0.25, 0.3) is 0 Å². The summed E-state index contributed by atoms with van der Waals surface area (Å²) in [5.41, 5.74) is 0. The summed E-state index contributed by atoms with van der Waals surface area (Å²) in [7, 11) is 0. The quantitative estimate of drug-likeness (QED) is 0.790. The molecule has 6 heteroatoms. The minimum absolute atomic E-state index is 0.217. The lowest BCUT2D eigenvalue weighted by Crippen LogP contribution is -2.41. The van der Waals surface area contributed by atoms with Crippen molar-refractivity contribution >= 4 is 23.5 Å². The Morgan fingerprint density at radius 3 is 1.80 bits per heavy atom. The fourth-order valence-electron chi connectivity index (χ4n) is 2.94. The van der Waals surface area contributed by atoms with Crippen molar-refractivity contribution in [1.82, 2.24) is 0 Å². The summed E-state index contributed by atoms with van der Waals surface area (Å²) in [4.78, 5) is 0. The molecule has 0 saturated carbocycles. The molecule has 0 aliphatic carbocycles. The van der Waals surface area contributed by atoms with Crippen molar-refractivity contribution in [2.75, 3.05) is 51.1 Å². The summed E-state index contributed by atoms with van der Waals surface area (Å²) >= 11 is 4.18. The van der Waals surface area contributed by atoms with Crippen LogP contribution in [0.25, 0.3) is 0 Å². The first kappa shape index (κ1) is 15.4. The van der Waals surface area contributed by atoms with Crippen molar-refractivity contribution in [1.29, 1.82) is 0 Å².